The molecule has 0 saturated carbocycles. The van der Waals surface area contributed by atoms with Crippen molar-refractivity contribution >= 4 is 43.7 Å². The zero-order chi connectivity index (χ0) is 18.7. The third-order valence-corrected chi connectivity index (χ3v) is 12.5. The first kappa shape index (κ1) is 21.7. The van der Waals surface area contributed by atoms with Gasteiger partial charge in [-0.05, 0) is 94.6 Å². The summed E-state index contributed by atoms with van der Waals surface area (Å²) >= 11 is 0. The quantitative estimate of drug-likeness (QED) is 0.661. The molecule has 0 heterocycles. The molecule has 7 heteroatoms. The van der Waals surface area contributed by atoms with Crippen LogP contribution in [-0.4, -0.2) is 38.1 Å². The molecule has 24 heavy (non-hydrogen) atoms. The summed E-state index contributed by atoms with van der Waals surface area (Å²) in [6, 6.07) is 2.32. The SMILES string of the molecule is CC([SiH2]O[SiH](O[SiH3])O[Si](C)(C)C)=C(C)c1cc(C)c(C)c(C)c1C. The van der Waals surface area contributed by atoms with E-state index in [1.807, 2.05) is 0 Å². The zero-order valence-electron chi connectivity index (χ0n) is 17.1. The van der Waals surface area contributed by atoms with Gasteiger partial charge in [0.1, 0.15) is 10.5 Å². The molecule has 0 radical (unpaired) electrons. The van der Waals surface area contributed by atoms with Gasteiger partial charge in [-0.25, -0.2) is 0 Å². The van der Waals surface area contributed by atoms with Crippen LogP contribution in [0.25, 0.3) is 5.57 Å². The van der Waals surface area contributed by atoms with E-state index in [2.05, 4.69) is 67.2 Å². The first-order chi connectivity index (χ1) is 11.0. The molecule has 1 atom stereocenters. The van der Waals surface area contributed by atoms with Crippen molar-refractivity contribution < 1.29 is 12.3 Å². The van der Waals surface area contributed by atoms with Gasteiger partial charge in [-0.3, -0.25) is 0 Å². The Morgan fingerprint density at radius 2 is 1.62 bits per heavy atom. The van der Waals surface area contributed by atoms with Crippen LogP contribution in [-0.2, 0) is 12.3 Å². The second-order valence-electron chi connectivity index (χ2n) is 7.59. The molecule has 0 N–H and O–H groups in total. The van der Waals surface area contributed by atoms with Crippen LogP contribution in [0.3, 0.4) is 0 Å². The van der Waals surface area contributed by atoms with E-state index in [0.29, 0.717) is 10.5 Å². The minimum absolute atomic E-state index is 0.683. The third kappa shape index (κ3) is 5.90. The number of benzene rings is 1. The molecule has 0 fully saturated rings. The van der Waals surface area contributed by atoms with E-state index in [1.54, 1.807) is 0 Å². The molecule has 0 aliphatic carbocycles. The standard InChI is InChI=1S/C17H34O3Si4/c1-11-10-17(14(4)13(3)12(11)2)15(5)16(6)22-19-23(18-21)20-24(7,8)9/h10,23H,22H2,1-9,21H3. The van der Waals surface area contributed by atoms with Gasteiger partial charge in [-0.15, -0.1) is 0 Å². The summed E-state index contributed by atoms with van der Waals surface area (Å²) in [4.78, 5) is 0. The number of hydrogen-bond donors (Lipinski definition) is 0. The Bertz CT molecular complexity index is 621. The van der Waals surface area contributed by atoms with Crippen LogP contribution in [0.15, 0.2) is 11.3 Å². The Kier molecular flexibility index (Phi) is 8.05. The van der Waals surface area contributed by atoms with Crippen LogP contribution >= 0.6 is 0 Å². The van der Waals surface area contributed by atoms with E-state index < -0.39 is 27.6 Å². The monoisotopic (exact) mass is 398 g/mol. The highest BCUT2D eigenvalue weighted by Gasteiger charge is 2.23. The highest BCUT2D eigenvalue weighted by molar-refractivity contribution is 6.76. The van der Waals surface area contributed by atoms with Crippen LogP contribution in [0, 0.1) is 27.7 Å². The van der Waals surface area contributed by atoms with Gasteiger partial charge in [0, 0.05) is 0 Å². The van der Waals surface area contributed by atoms with Gasteiger partial charge in [-0.2, -0.15) is 0 Å². The van der Waals surface area contributed by atoms with Gasteiger partial charge in [-0.1, -0.05) is 11.3 Å². The predicted octanol–water partition coefficient (Wildman–Crippen LogP) is 2.64. The molecule has 1 aromatic carbocycles. The second kappa shape index (κ2) is 8.88. The molecular formula is C17H34O3Si4. The summed E-state index contributed by atoms with van der Waals surface area (Å²) in [5.74, 6) is 0. The van der Waals surface area contributed by atoms with E-state index in [1.165, 1.54) is 38.6 Å². The van der Waals surface area contributed by atoms with Crippen molar-refractivity contribution in [3.63, 3.8) is 0 Å². The van der Waals surface area contributed by atoms with E-state index >= 15 is 0 Å². The smallest absolute Gasteiger partial charge is 0.428 e. The lowest BCUT2D eigenvalue weighted by Crippen LogP contribution is -2.39. The van der Waals surface area contributed by atoms with Crippen molar-refractivity contribution in [3.05, 3.63) is 39.1 Å². The number of rotatable bonds is 7. The van der Waals surface area contributed by atoms with Crippen LogP contribution < -0.4 is 0 Å². The Balaban J connectivity index is 2.98. The Hall–Kier alpha value is -0.292. The summed E-state index contributed by atoms with van der Waals surface area (Å²) in [6.07, 6.45) is 0. The highest BCUT2D eigenvalue weighted by Crippen LogP contribution is 2.28. The van der Waals surface area contributed by atoms with E-state index in [9.17, 15) is 0 Å². The topological polar surface area (TPSA) is 27.7 Å². The maximum atomic E-state index is 6.14. The predicted molar refractivity (Wildman–Crippen MR) is 116 cm³/mol. The molecule has 0 aliphatic heterocycles. The Morgan fingerprint density at radius 3 is 2.12 bits per heavy atom. The van der Waals surface area contributed by atoms with Crippen LogP contribution in [0.2, 0.25) is 19.6 Å². The molecule has 0 amide bonds. The summed E-state index contributed by atoms with van der Waals surface area (Å²) in [7, 11) is -3.63. The number of hydrogen-bond acceptors (Lipinski definition) is 3. The maximum Gasteiger partial charge on any atom is 0.451 e. The molecule has 0 bridgehead atoms. The molecule has 1 aromatic rings. The van der Waals surface area contributed by atoms with Gasteiger partial charge in [0.2, 0.25) is 0 Å². The zero-order valence-corrected chi connectivity index (χ0v) is 22.7. The lowest BCUT2D eigenvalue weighted by Gasteiger charge is -2.24. The normalized spacial score (nSPS) is 15.2. The van der Waals surface area contributed by atoms with Crippen molar-refractivity contribution in [3.8, 4) is 0 Å². The minimum Gasteiger partial charge on any atom is -0.428 e. The number of aryl methyl sites for hydroxylation is 1. The molecule has 1 rings (SSSR count). The Morgan fingerprint density at radius 1 is 1.04 bits per heavy atom. The van der Waals surface area contributed by atoms with Gasteiger partial charge in [0.05, 0.1) is 0 Å². The van der Waals surface area contributed by atoms with E-state index in [0.717, 1.165) is 0 Å². The fourth-order valence-corrected chi connectivity index (χ4v) is 10.7. The molecule has 136 valence electrons. The molecular weight excluding hydrogens is 365 g/mol. The van der Waals surface area contributed by atoms with Crippen molar-refractivity contribution in [1.29, 1.82) is 0 Å². The summed E-state index contributed by atoms with van der Waals surface area (Å²) in [6.45, 7) is 19.8. The maximum absolute atomic E-state index is 6.14. The lowest BCUT2D eigenvalue weighted by atomic mass is 9.91. The fraction of sp³-hybridized carbons (Fsp3) is 0.529. The first-order valence-electron chi connectivity index (χ1n) is 8.54. The van der Waals surface area contributed by atoms with Crippen molar-refractivity contribution in [2.75, 3.05) is 0 Å². The average molecular weight is 399 g/mol. The van der Waals surface area contributed by atoms with Gasteiger partial charge >= 0.3 is 9.53 Å². The summed E-state index contributed by atoms with van der Waals surface area (Å²) in [5.41, 5.74) is 8.27. The van der Waals surface area contributed by atoms with Crippen molar-refractivity contribution in [2.45, 2.75) is 61.2 Å². The van der Waals surface area contributed by atoms with Gasteiger partial charge in [0.25, 0.3) is 0 Å². The summed E-state index contributed by atoms with van der Waals surface area (Å²) in [5, 5.41) is 1.39. The van der Waals surface area contributed by atoms with Crippen LogP contribution in [0.4, 0.5) is 0 Å². The average Bonchev–Trinajstić information content (AvgIpc) is 2.50. The molecule has 0 saturated heterocycles. The van der Waals surface area contributed by atoms with Crippen LogP contribution in [0.5, 0.6) is 0 Å². The van der Waals surface area contributed by atoms with Gasteiger partial charge in [0.15, 0.2) is 18.1 Å². The second-order valence-corrected chi connectivity index (χ2v) is 17.9. The highest BCUT2D eigenvalue weighted by atomic mass is 28.4. The van der Waals surface area contributed by atoms with Gasteiger partial charge < -0.3 is 12.3 Å². The number of allylic oxidation sites excluding steroid dienone is 2. The first-order valence-corrected chi connectivity index (χ1v) is 15.5. The molecule has 0 spiro atoms. The molecule has 0 aromatic heterocycles. The minimum atomic E-state index is -1.92. The molecule has 0 aliphatic rings. The summed E-state index contributed by atoms with van der Waals surface area (Å²) < 4.78 is 17.8. The van der Waals surface area contributed by atoms with E-state index in [4.69, 9.17) is 12.3 Å². The van der Waals surface area contributed by atoms with Crippen molar-refractivity contribution in [1.82, 2.24) is 0 Å². The lowest BCUT2D eigenvalue weighted by molar-refractivity contribution is 0.326. The van der Waals surface area contributed by atoms with E-state index in [-0.39, 0.29) is 0 Å². The molecule has 3 nitrogen and oxygen atoms in total. The fourth-order valence-electron chi connectivity index (χ4n) is 2.57. The Labute approximate surface area is 156 Å². The van der Waals surface area contributed by atoms with Crippen LogP contribution in [0.1, 0.15) is 41.7 Å². The van der Waals surface area contributed by atoms with Crippen molar-refractivity contribution in [2.24, 2.45) is 0 Å². The third-order valence-electron chi connectivity index (χ3n) is 4.60. The largest absolute Gasteiger partial charge is 0.451 e. The molecule has 1 unspecified atom stereocenters.